The van der Waals surface area contributed by atoms with Crippen molar-refractivity contribution in [2.24, 2.45) is 0 Å². The number of hydrogen-bond acceptors (Lipinski definition) is 4. The molecule has 0 spiro atoms. The molecule has 0 amide bonds. The lowest BCUT2D eigenvalue weighted by Gasteiger charge is -2.23. The second-order valence-corrected chi connectivity index (χ2v) is 6.88. The van der Waals surface area contributed by atoms with E-state index in [-0.39, 0.29) is 5.66 Å². The Morgan fingerprint density at radius 3 is 2.50 bits per heavy atom. The average molecular weight is 293 g/mol. The smallest absolute Gasteiger partial charge is 0.308 e. The van der Waals surface area contributed by atoms with Gasteiger partial charge in [-0.25, -0.2) is 0 Å². The van der Waals surface area contributed by atoms with Crippen LogP contribution < -0.4 is 0 Å². The first-order valence-corrected chi connectivity index (χ1v) is 8.45. The van der Waals surface area contributed by atoms with E-state index in [1.807, 2.05) is 51.1 Å². The highest BCUT2D eigenvalue weighted by Crippen LogP contribution is 2.60. The average Bonchev–Trinajstić information content (AvgIpc) is 2.46. The van der Waals surface area contributed by atoms with Crippen LogP contribution in [0.2, 0.25) is 0 Å². The highest BCUT2D eigenvalue weighted by molar-refractivity contribution is 7.54. The van der Waals surface area contributed by atoms with E-state index in [2.05, 4.69) is 4.98 Å². The van der Waals surface area contributed by atoms with Crippen LogP contribution in [-0.2, 0) is 13.6 Å². The summed E-state index contributed by atoms with van der Waals surface area (Å²) in [5.74, 6) is 0. The lowest BCUT2D eigenvalue weighted by atomic mass is 10.1. The van der Waals surface area contributed by atoms with E-state index in [0.29, 0.717) is 13.2 Å². The molecule has 0 bridgehead atoms. The molecule has 5 heteroatoms. The fourth-order valence-electron chi connectivity index (χ4n) is 2.12. The van der Waals surface area contributed by atoms with Crippen LogP contribution in [0.5, 0.6) is 0 Å². The summed E-state index contributed by atoms with van der Waals surface area (Å²) in [6.45, 7) is 6.22. The van der Waals surface area contributed by atoms with E-state index in [1.165, 1.54) is 0 Å². The summed E-state index contributed by atoms with van der Waals surface area (Å²) in [5, 5.41) is 1.02. The normalized spacial score (nSPS) is 13.6. The van der Waals surface area contributed by atoms with Crippen molar-refractivity contribution >= 4 is 18.5 Å². The van der Waals surface area contributed by atoms with Gasteiger partial charge in [0.25, 0.3) is 0 Å². The topological polar surface area (TPSA) is 48.4 Å². The van der Waals surface area contributed by atoms with Gasteiger partial charge < -0.3 is 9.05 Å². The summed E-state index contributed by atoms with van der Waals surface area (Å²) in [5.41, 5.74) is 1.46. The standard InChI is InChI=1S/C15H20NO3P/c1-4-18-20(17,19-5-2)12(3)14-10-13-8-6-7-9-15(13)16-11-14/h6-12H,4-5H2,1-3H3/t12-/m1/s1. The van der Waals surface area contributed by atoms with Crippen molar-refractivity contribution < 1.29 is 13.6 Å². The van der Waals surface area contributed by atoms with Crippen LogP contribution in [0.1, 0.15) is 32.0 Å². The Bertz CT molecular complexity index is 619. The van der Waals surface area contributed by atoms with Gasteiger partial charge in [0.15, 0.2) is 0 Å². The monoisotopic (exact) mass is 293 g/mol. The fourth-order valence-corrected chi connectivity index (χ4v) is 3.87. The Labute approximate surface area is 119 Å². The zero-order chi connectivity index (χ0) is 14.6. The number of para-hydroxylation sites is 1. The van der Waals surface area contributed by atoms with E-state index < -0.39 is 7.60 Å². The zero-order valence-electron chi connectivity index (χ0n) is 12.1. The predicted molar refractivity (Wildman–Crippen MR) is 81.0 cm³/mol. The molecule has 4 nitrogen and oxygen atoms in total. The third-order valence-corrected chi connectivity index (χ3v) is 5.67. The Hall–Kier alpha value is -1.22. The molecule has 0 aliphatic carbocycles. The molecule has 1 atom stereocenters. The number of nitrogens with zero attached hydrogens (tertiary/aromatic N) is 1. The molecule has 0 radical (unpaired) electrons. The highest BCUT2D eigenvalue weighted by Gasteiger charge is 2.33. The molecule has 0 fully saturated rings. The summed E-state index contributed by atoms with van der Waals surface area (Å²) >= 11 is 0. The molecule has 20 heavy (non-hydrogen) atoms. The number of fused-ring (bicyclic) bond motifs is 1. The molecular formula is C15H20NO3P. The van der Waals surface area contributed by atoms with Crippen molar-refractivity contribution in [3.8, 4) is 0 Å². The molecule has 2 aromatic rings. The van der Waals surface area contributed by atoms with Crippen molar-refractivity contribution in [3.63, 3.8) is 0 Å². The number of aromatic nitrogens is 1. The predicted octanol–water partition coefficient (Wildman–Crippen LogP) is 4.56. The van der Waals surface area contributed by atoms with E-state index in [9.17, 15) is 4.57 Å². The van der Waals surface area contributed by atoms with Crippen LogP contribution in [-0.4, -0.2) is 18.2 Å². The Morgan fingerprint density at radius 2 is 1.85 bits per heavy atom. The van der Waals surface area contributed by atoms with Crippen molar-refractivity contribution in [1.29, 1.82) is 0 Å². The molecular weight excluding hydrogens is 273 g/mol. The molecule has 1 aromatic heterocycles. The van der Waals surface area contributed by atoms with Gasteiger partial charge in [-0.05, 0) is 38.5 Å². The lowest BCUT2D eigenvalue weighted by Crippen LogP contribution is -2.04. The maximum absolute atomic E-state index is 12.8. The minimum absolute atomic E-state index is 0.334. The molecule has 0 aliphatic heterocycles. The first-order valence-electron chi connectivity index (χ1n) is 6.84. The van der Waals surface area contributed by atoms with E-state index in [4.69, 9.17) is 9.05 Å². The summed E-state index contributed by atoms with van der Waals surface area (Å²) in [4.78, 5) is 4.40. The molecule has 0 N–H and O–H groups in total. The maximum atomic E-state index is 12.8. The molecule has 108 valence electrons. The Balaban J connectivity index is 2.38. The van der Waals surface area contributed by atoms with Crippen LogP contribution in [0.3, 0.4) is 0 Å². The van der Waals surface area contributed by atoms with Gasteiger partial charge in [-0.15, -0.1) is 0 Å². The van der Waals surface area contributed by atoms with E-state index >= 15 is 0 Å². The fraction of sp³-hybridized carbons (Fsp3) is 0.400. The summed E-state index contributed by atoms with van der Waals surface area (Å²) < 4.78 is 23.6. The van der Waals surface area contributed by atoms with Gasteiger partial charge in [-0.3, -0.25) is 9.55 Å². The van der Waals surface area contributed by atoms with Gasteiger partial charge in [0.1, 0.15) is 0 Å². The summed E-state index contributed by atoms with van der Waals surface area (Å²) in [6.07, 6.45) is 1.75. The van der Waals surface area contributed by atoms with Gasteiger partial charge in [-0.2, -0.15) is 0 Å². The number of benzene rings is 1. The minimum atomic E-state index is -3.15. The first kappa shape index (κ1) is 15.2. The van der Waals surface area contributed by atoms with E-state index in [1.54, 1.807) is 6.20 Å². The molecule has 0 saturated heterocycles. The molecule has 1 aromatic carbocycles. The SMILES string of the molecule is CCOP(=O)(OCC)[C@H](C)c1cnc2ccccc2c1. The summed E-state index contributed by atoms with van der Waals surface area (Å²) in [6, 6.07) is 9.85. The molecule has 0 saturated carbocycles. The van der Waals surface area contributed by atoms with Crippen molar-refractivity contribution in [3.05, 3.63) is 42.1 Å². The second-order valence-electron chi connectivity index (χ2n) is 4.51. The third-order valence-electron chi connectivity index (χ3n) is 3.19. The largest absolute Gasteiger partial charge is 0.337 e. The van der Waals surface area contributed by atoms with Crippen molar-refractivity contribution in [2.75, 3.05) is 13.2 Å². The van der Waals surface area contributed by atoms with Crippen LogP contribution in [0.25, 0.3) is 10.9 Å². The lowest BCUT2D eigenvalue weighted by molar-refractivity contribution is 0.213. The molecule has 2 rings (SSSR count). The van der Waals surface area contributed by atoms with Crippen LogP contribution in [0.4, 0.5) is 0 Å². The van der Waals surface area contributed by atoms with Gasteiger partial charge in [0.05, 0.1) is 24.4 Å². The van der Waals surface area contributed by atoms with Crippen LogP contribution in [0, 0.1) is 0 Å². The number of hydrogen-bond donors (Lipinski definition) is 0. The number of pyridine rings is 1. The number of rotatable bonds is 6. The zero-order valence-corrected chi connectivity index (χ0v) is 13.0. The first-order chi connectivity index (χ1) is 9.60. The maximum Gasteiger partial charge on any atom is 0.337 e. The Morgan fingerprint density at radius 1 is 1.20 bits per heavy atom. The van der Waals surface area contributed by atoms with Crippen LogP contribution >= 0.6 is 7.60 Å². The minimum Gasteiger partial charge on any atom is -0.308 e. The molecule has 0 unspecified atom stereocenters. The van der Waals surface area contributed by atoms with Crippen molar-refractivity contribution in [2.45, 2.75) is 26.4 Å². The van der Waals surface area contributed by atoms with Crippen LogP contribution in [0.15, 0.2) is 36.5 Å². The quantitative estimate of drug-likeness (QED) is 0.732. The molecule has 1 heterocycles. The highest BCUT2D eigenvalue weighted by atomic mass is 31.2. The van der Waals surface area contributed by atoms with Gasteiger partial charge in [0, 0.05) is 11.6 Å². The van der Waals surface area contributed by atoms with Gasteiger partial charge in [0.2, 0.25) is 0 Å². The summed E-state index contributed by atoms with van der Waals surface area (Å²) in [7, 11) is -3.15. The van der Waals surface area contributed by atoms with Gasteiger partial charge in [-0.1, -0.05) is 18.2 Å². The second kappa shape index (κ2) is 6.49. The molecule has 0 aliphatic rings. The van der Waals surface area contributed by atoms with Gasteiger partial charge >= 0.3 is 7.60 Å². The third kappa shape index (κ3) is 3.09. The Kier molecular flexibility index (Phi) is 4.92. The van der Waals surface area contributed by atoms with E-state index in [0.717, 1.165) is 16.5 Å². The van der Waals surface area contributed by atoms with Crippen molar-refractivity contribution in [1.82, 2.24) is 4.98 Å².